The highest BCUT2D eigenvalue weighted by Gasteiger charge is 2.18. The summed E-state index contributed by atoms with van der Waals surface area (Å²) in [6.07, 6.45) is 9.79. The van der Waals surface area contributed by atoms with Crippen molar-refractivity contribution in [3.8, 4) is 0 Å². The first-order valence-corrected chi connectivity index (χ1v) is 9.35. The van der Waals surface area contributed by atoms with Crippen molar-refractivity contribution in [2.45, 2.75) is 52.4 Å². The number of halogens is 1. The van der Waals surface area contributed by atoms with Crippen LogP contribution in [0.1, 0.15) is 48.9 Å². The number of aliphatic imine (C=N–C) groups is 1. The summed E-state index contributed by atoms with van der Waals surface area (Å²) < 4.78 is 0. The van der Waals surface area contributed by atoms with Gasteiger partial charge in [0, 0.05) is 37.6 Å². The number of aryl methyl sites for hydroxylation is 1. The van der Waals surface area contributed by atoms with E-state index < -0.39 is 0 Å². The Kier molecular flexibility index (Phi) is 10.1. The summed E-state index contributed by atoms with van der Waals surface area (Å²) in [5, 5.41) is 8.02. The Bertz CT molecular complexity index is 475. The molecule has 1 aromatic rings. The second-order valence-electron chi connectivity index (χ2n) is 6.47. The zero-order valence-corrected chi connectivity index (χ0v) is 17.7. The van der Waals surface area contributed by atoms with Crippen molar-refractivity contribution in [1.29, 1.82) is 0 Å². The van der Waals surface area contributed by atoms with E-state index >= 15 is 0 Å². The van der Waals surface area contributed by atoms with Gasteiger partial charge in [0.25, 0.3) is 0 Å². The zero-order chi connectivity index (χ0) is 15.8. The summed E-state index contributed by atoms with van der Waals surface area (Å²) >= 11 is 1.77. The molecule has 0 spiro atoms. The highest BCUT2D eigenvalue weighted by molar-refractivity contribution is 14.0. The topological polar surface area (TPSA) is 49.3 Å². The maximum absolute atomic E-state index is 4.39. The second kappa shape index (κ2) is 11.2. The number of hydrogen-bond acceptors (Lipinski definition) is 3. The molecule has 2 unspecified atom stereocenters. The van der Waals surface area contributed by atoms with E-state index in [0.29, 0.717) is 0 Å². The molecule has 1 heterocycles. The van der Waals surface area contributed by atoms with Gasteiger partial charge in [0.1, 0.15) is 0 Å². The summed E-state index contributed by atoms with van der Waals surface area (Å²) in [6.45, 7) is 6.39. The average Bonchev–Trinajstić information content (AvgIpc) is 2.91. The summed E-state index contributed by atoms with van der Waals surface area (Å²) in [5.74, 6) is 2.72. The fraction of sp³-hybridized carbons (Fsp3) is 0.765. The molecule has 1 aromatic heterocycles. The molecular formula is C17H31IN4S. The first kappa shape index (κ1) is 20.7. The minimum atomic E-state index is 0. The van der Waals surface area contributed by atoms with Crippen LogP contribution in [0.4, 0.5) is 0 Å². The van der Waals surface area contributed by atoms with Gasteiger partial charge in [0.15, 0.2) is 5.96 Å². The third-order valence-electron chi connectivity index (χ3n) is 4.41. The van der Waals surface area contributed by atoms with Gasteiger partial charge in [-0.1, -0.05) is 26.2 Å². The van der Waals surface area contributed by atoms with Crippen LogP contribution in [0.15, 0.2) is 11.2 Å². The van der Waals surface area contributed by atoms with Gasteiger partial charge in [-0.3, -0.25) is 4.99 Å². The summed E-state index contributed by atoms with van der Waals surface area (Å²) in [4.78, 5) is 9.96. The molecule has 1 fully saturated rings. The van der Waals surface area contributed by atoms with Crippen molar-refractivity contribution in [2.24, 2.45) is 16.8 Å². The van der Waals surface area contributed by atoms with E-state index in [-0.39, 0.29) is 24.0 Å². The van der Waals surface area contributed by atoms with Crippen LogP contribution in [-0.4, -0.2) is 31.1 Å². The summed E-state index contributed by atoms with van der Waals surface area (Å²) in [6, 6.07) is 0. The number of nitrogens with zero attached hydrogens (tertiary/aromatic N) is 2. The van der Waals surface area contributed by atoms with Crippen LogP contribution >= 0.6 is 35.3 Å². The van der Waals surface area contributed by atoms with Crippen LogP contribution in [0, 0.1) is 18.8 Å². The number of nitrogens with one attached hydrogen (secondary N) is 2. The molecule has 0 radical (unpaired) electrons. The Morgan fingerprint density at radius 1 is 1.35 bits per heavy atom. The molecule has 1 aliphatic carbocycles. The van der Waals surface area contributed by atoms with Gasteiger partial charge >= 0.3 is 0 Å². The van der Waals surface area contributed by atoms with Gasteiger partial charge in [-0.15, -0.1) is 35.3 Å². The summed E-state index contributed by atoms with van der Waals surface area (Å²) in [7, 11) is 1.84. The first-order valence-electron chi connectivity index (χ1n) is 8.53. The van der Waals surface area contributed by atoms with Crippen LogP contribution in [-0.2, 0) is 6.42 Å². The normalized spacial score (nSPS) is 21.6. The van der Waals surface area contributed by atoms with Crippen molar-refractivity contribution in [3.05, 3.63) is 16.1 Å². The fourth-order valence-electron chi connectivity index (χ4n) is 3.24. The lowest BCUT2D eigenvalue weighted by atomic mass is 9.81. The maximum Gasteiger partial charge on any atom is 0.190 e. The van der Waals surface area contributed by atoms with E-state index in [2.05, 4.69) is 34.5 Å². The Morgan fingerprint density at radius 2 is 2.13 bits per heavy atom. The smallest absolute Gasteiger partial charge is 0.190 e. The van der Waals surface area contributed by atoms with Gasteiger partial charge in [-0.05, 0) is 31.6 Å². The minimum Gasteiger partial charge on any atom is -0.356 e. The van der Waals surface area contributed by atoms with E-state index in [0.717, 1.165) is 37.3 Å². The highest BCUT2D eigenvalue weighted by Crippen LogP contribution is 2.30. The van der Waals surface area contributed by atoms with Gasteiger partial charge in [-0.2, -0.15) is 0 Å². The van der Waals surface area contributed by atoms with Crippen LogP contribution in [0.2, 0.25) is 0 Å². The lowest BCUT2D eigenvalue weighted by molar-refractivity contribution is 0.270. The Labute approximate surface area is 162 Å². The van der Waals surface area contributed by atoms with Crippen LogP contribution in [0.5, 0.6) is 0 Å². The molecular weight excluding hydrogens is 419 g/mol. The van der Waals surface area contributed by atoms with E-state index in [9.17, 15) is 0 Å². The number of hydrogen-bond donors (Lipinski definition) is 2. The Balaban J connectivity index is 0.00000264. The minimum absolute atomic E-state index is 0. The quantitative estimate of drug-likeness (QED) is 0.392. The van der Waals surface area contributed by atoms with Crippen molar-refractivity contribution in [3.63, 3.8) is 0 Å². The number of guanidine groups is 1. The molecule has 6 heteroatoms. The number of aromatic nitrogens is 1. The van der Waals surface area contributed by atoms with Crippen LogP contribution in [0.25, 0.3) is 0 Å². The molecule has 132 valence electrons. The predicted octanol–water partition coefficient (Wildman–Crippen LogP) is 3.99. The third kappa shape index (κ3) is 7.83. The molecule has 0 aliphatic heterocycles. The molecule has 1 saturated carbocycles. The van der Waals surface area contributed by atoms with Gasteiger partial charge < -0.3 is 10.6 Å². The molecule has 2 rings (SSSR count). The van der Waals surface area contributed by atoms with E-state index in [1.807, 2.05) is 13.2 Å². The molecule has 0 bridgehead atoms. The standard InChI is InChI=1S/C17H30N4S.HI/c1-13-5-4-6-15(11-13)7-9-19-17(18-3)20-10-8-16-21-12-14(2)22-16;/h12-13,15H,4-11H2,1-3H3,(H2,18,19,20);1H. The zero-order valence-electron chi connectivity index (χ0n) is 14.6. The second-order valence-corrected chi connectivity index (χ2v) is 7.79. The van der Waals surface area contributed by atoms with Crippen LogP contribution in [0.3, 0.4) is 0 Å². The predicted molar refractivity (Wildman–Crippen MR) is 111 cm³/mol. The van der Waals surface area contributed by atoms with Gasteiger partial charge in [0.2, 0.25) is 0 Å². The van der Waals surface area contributed by atoms with E-state index in [1.54, 1.807) is 11.3 Å². The lowest BCUT2D eigenvalue weighted by Crippen LogP contribution is -2.39. The molecule has 4 nitrogen and oxygen atoms in total. The van der Waals surface area contributed by atoms with Crippen molar-refractivity contribution >= 4 is 41.3 Å². The first-order chi connectivity index (χ1) is 10.7. The lowest BCUT2D eigenvalue weighted by Gasteiger charge is -2.26. The molecule has 0 aromatic carbocycles. The van der Waals surface area contributed by atoms with Crippen molar-refractivity contribution < 1.29 is 0 Å². The van der Waals surface area contributed by atoms with E-state index in [4.69, 9.17) is 0 Å². The Morgan fingerprint density at radius 3 is 2.78 bits per heavy atom. The molecule has 23 heavy (non-hydrogen) atoms. The molecule has 1 aliphatic rings. The SMILES string of the molecule is CN=C(NCCc1ncc(C)s1)NCCC1CCCC(C)C1.I. The highest BCUT2D eigenvalue weighted by atomic mass is 127. The Hall–Kier alpha value is -0.370. The largest absolute Gasteiger partial charge is 0.356 e. The number of rotatable bonds is 6. The third-order valence-corrected chi connectivity index (χ3v) is 5.39. The molecule has 0 amide bonds. The average molecular weight is 450 g/mol. The van der Waals surface area contributed by atoms with E-state index in [1.165, 1.54) is 42.0 Å². The molecule has 2 atom stereocenters. The molecule has 0 saturated heterocycles. The fourth-order valence-corrected chi connectivity index (χ4v) is 4.03. The monoisotopic (exact) mass is 450 g/mol. The van der Waals surface area contributed by atoms with Crippen molar-refractivity contribution in [2.75, 3.05) is 20.1 Å². The van der Waals surface area contributed by atoms with Gasteiger partial charge in [-0.25, -0.2) is 4.98 Å². The van der Waals surface area contributed by atoms with Gasteiger partial charge in [0.05, 0.1) is 5.01 Å². The molecule has 2 N–H and O–H groups in total. The maximum atomic E-state index is 4.39. The van der Waals surface area contributed by atoms with Crippen LogP contribution < -0.4 is 10.6 Å². The number of thiazole rings is 1. The van der Waals surface area contributed by atoms with Crippen molar-refractivity contribution in [1.82, 2.24) is 15.6 Å². The summed E-state index contributed by atoms with van der Waals surface area (Å²) in [5.41, 5.74) is 0.